The standard InChI is InChI=1S/C14H23NO/c1-5-15(6-2)14(4,16-7-3)13-11-9-8-10-12-13/h8-12H,5-7H2,1-4H3. The summed E-state index contributed by atoms with van der Waals surface area (Å²) >= 11 is 0. The van der Waals surface area contributed by atoms with Gasteiger partial charge in [0.1, 0.15) is 5.72 Å². The van der Waals surface area contributed by atoms with Gasteiger partial charge in [-0.1, -0.05) is 44.2 Å². The Balaban J connectivity index is 3.05. The van der Waals surface area contributed by atoms with Gasteiger partial charge in [-0.05, 0) is 32.5 Å². The van der Waals surface area contributed by atoms with Crippen molar-refractivity contribution in [3.63, 3.8) is 0 Å². The third-order valence-electron chi connectivity index (χ3n) is 3.10. The molecule has 1 atom stereocenters. The van der Waals surface area contributed by atoms with Gasteiger partial charge in [0.2, 0.25) is 0 Å². The van der Waals surface area contributed by atoms with Crippen molar-refractivity contribution in [2.45, 2.75) is 33.4 Å². The first-order chi connectivity index (χ1) is 7.69. The van der Waals surface area contributed by atoms with E-state index < -0.39 is 0 Å². The molecule has 0 aliphatic carbocycles. The van der Waals surface area contributed by atoms with Gasteiger partial charge in [-0.15, -0.1) is 0 Å². The molecule has 1 aromatic rings. The first-order valence-electron chi connectivity index (χ1n) is 6.13. The molecule has 0 amide bonds. The predicted molar refractivity (Wildman–Crippen MR) is 68.3 cm³/mol. The molecule has 0 bridgehead atoms. The predicted octanol–water partition coefficient (Wildman–Crippen LogP) is 3.24. The molecule has 0 aliphatic heterocycles. The number of nitrogens with zero attached hydrogens (tertiary/aromatic N) is 1. The minimum absolute atomic E-state index is 0.306. The molecule has 2 nitrogen and oxygen atoms in total. The summed E-state index contributed by atoms with van der Waals surface area (Å²) in [5.74, 6) is 0. The second-order valence-electron chi connectivity index (χ2n) is 3.95. The molecule has 1 unspecified atom stereocenters. The van der Waals surface area contributed by atoms with Crippen LogP contribution in [0.3, 0.4) is 0 Å². The number of rotatable bonds is 6. The lowest BCUT2D eigenvalue weighted by molar-refractivity contribution is -0.145. The van der Waals surface area contributed by atoms with E-state index in [0.29, 0.717) is 0 Å². The zero-order valence-electron chi connectivity index (χ0n) is 10.9. The minimum Gasteiger partial charge on any atom is -0.357 e. The Bertz CT molecular complexity index is 295. The smallest absolute Gasteiger partial charge is 0.144 e. The van der Waals surface area contributed by atoms with Crippen LogP contribution >= 0.6 is 0 Å². The van der Waals surface area contributed by atoms with Crippen LogP contribution in [-0.4, -0.2) is 24.6 Å². The van der Waals surface area contributed by atoms with Gasteiger partial charge in [-0.25, -0.2) is 0 Å². The van der Waals surface area contributed by atoms with E-state index in [2.05, 4.69) is 49.9 Å². The summed E-state index contributed by atoms with van der Waals surface area (Å²) in [7, 11) is 0. The maximum absolute atomic E-state index is 5.99. The third-order valence-corrected chi connectivity index (χ3v) is 3.10. The molecule has 0 fully saturated rings. The molecule has 0 saturated heterocycles. The van der Waals surface area contributed by atoms with Crippen LogP contribution in [0.5, 0.6) is 0 Å². The van der Waals surface area contributed by atoms with E-state index in [1.165, 1.54) is 5.56 Å². The highest BCUT2D eigenvalue weighted by Crippen LogP contribution is 2.29. The van der Waals surface area contributed by atoms with Crippen LogP contribution in [0.2, 0.25) is 0 Å². The topological polar surface area (TPSA) is 12.5 Å². The van der Waals surface area contributed by atoms with Gasteiger partial charge in [0.25, 0.3) is 0 Å². The molecule has 16 heavy (non-hydrogen) atoms. The van der Waals surface area contributed by atoms with Crippen LogP contribution in [0.25, 0.3) is 0 Å². The van der Waals surface area contributed by atoms with E-state index in [1.807, 2.05) is 13.0 Å². The minimum atomic E-state index is -0.306. The molecule has 2 heteroatoms. The van der Waals surface area contributed by atoms with Crippen molar-refractivity contribution < 1.29 is 4.74 Å². The molecule has 0 radical (unpaired) electrons. The molecular formula is C14H23NO. The van der Waals surface area contributed by atoms with Gasteiger partial charge in [0.15, 0.2) is 0 Å². The van der Waals surface area contributed by atoms with Crippen molar-refractivity contribution in [1.82, 2.24) is 4.90 Å². The molecule has 90 valence electrons. The van der Waals surface area contributed by atoms with E-state index in [-0.39, 0.29) is 5.72 Å². The van der Waals surface area contributed by atoms with Crippen molar-refractivity contribution in [1.29, 1.82) is 0 Å². The maximum Gasteiger partial charge on any atom is 0.144 e. The van der Waals surface area contributed by atoms with Crippen LogP contribution in [-0.2, 0) is 10.5 Å². The monoisotopic (exact) mass is 221 g/mol. The number of ether oxygens (including phenoxy) is 1. The SMILES string of the molecule is CCOC(C)(c1ccccc1)N(CC)CC. The van der Waals surface area contributed by atoms with E-state index in [4.69, 9.17) is 4.74 Å². The Morgan fingerprint density at radius 1 is 1.06 bits per heavy atom. The van der Waals surface area contributed by atoms with Crippen LogP contribution in [0.1, 0.15) is 33.3 Å². The Hall–Kier alpha value is -0.860. The van der Waals surface area contributed by atoms with Gasteiger partial charge in [0.05, 0.1) is 0 Å². The molecular weight excluding hydrogens is 198 g/mol. The average molecular weight is 221 g/mol. The van der Waals surface area contributed by atoms with Crippen molar-refractivity contribution in [3.8, 4) is 0 Å². The van der Waals surface area contributed by atoms with Gasteiger partial charge >= 0.3 is 0 Å². The lowest BCUT2D eigenvalue weighted by atomic mass is 10.0. The largest absolute Gasteiger partial charge is 0.357 e. The molecule has 0 heterocycles. The lowest BCUT2D eigenvalue weighted by Crippen LogP contribution is -2.45. The highest BCUT2D eigenvalue weighted by Gasteiger charge is 2.32. The summed E-state index contributed by atoms with van der Waals surface area (Å²) in [4.78, 5) is 2.34. The highest BCUT2D eigenvalue weighted by atomic mass is 16.5. The molecule has 0 spiro atoms. The van der Waals surface area contributed by atoms with Crippen LogP contribution in [0.4, 0.5) is 0 Å². The summed E-state index contributed by atoms with van der Waals surface area (Å²) in [6, 6.07) is 10.4. The van der Waals surface area contributed by atoms with Gasteiger partial charge in [-0.2, -0.15) is 0 Å². The van der Waals surface area contributed by atoms with Gasteiger partial charge in [0, 0.05) is 6.61 Å². The van der Waals surface area contributed by atoms with Crippen LogP contribution in [0, 0.1) is 0 Å². The van der Waals surface area contributed by atoms with E-state index in [0.717, 1.165) is 19.7 Å². The summed E-state index contributed by atoms with van der Waals surface area (Å²) in [6.45, 7) is 11.2. The Morgan fingerprint density at radius 3 is 2.06 bits per heavy atom. The fourth-order valence-corrected chi connectivity index (χ4v) is 2.21. The van der Waals surface area contributed by atoms with Gasteiger partial charge in [-0.3, -0.25) is 4.90 Å². The Morgan fingerprint density at radius 2 is 1.62 bits per heavy atom. The van der Waals surface area contributed by atoms with E-state index in [9.17, 15) is 0 Å². The molecule has 0 N–H and O–H groups in total. The van der Waals surface area contributed by atoms with Crippen LogP contribution in [0.15, 0.2) is 30.3 Å². The summed E-state index contributed by atoms with van der Waals surface area (Å²) in [5.41, 5.74) is 0.917. The maximum atomic E-state index is 5.99. The molecule has 0 aromatic heterocycles. The fraction of sp³-hybridized carbons (Fsp3) is 0.571. The van der Waals surface area contributed by atoms with E-state index in [1.54, 1.807) is 0 Å². The van der Waals surface area contributed by atoms with Crippen molar-refractivity contribution in [2.75, 3.05) is 19.7 Å². The number of hydrogen-bond donors (Lipinski definition) is 0. The molecule has 1 rings (SSSR count). The fourth-order valence-electron chi connectivity index (χ4n) is 2.21. The normalized spacial score (nSPS) is 15.1. The molecule has 1 aromatic carbocycles. The van der Waals surface area contributed by atoms with Gasteiger partial charge < -0.3 is 4.74 Å². The lowest BCUT2D eigenvalue weighted by Gasteiger charge is -2.40. The quantitative estimate of drug-likeness (QED) is 0.684. The first kappa shape index (κ1) is 13.2. The summed E-state index contributed by atoms with van der Waals surface area (Å²) in [6.07, 6.45) is 0. The number of benzene rings is 1. The number of hydrogen-bond acceptors (Lipinski definition) is 2. The molecule has 0 aliphatic rings. The zero-order chi connectivity index (χ0) is 12.0. The first-order valence-corrected chi connectivity index (χ1v) is 6.13. The Labute approximate surface area is 99.2 Å². The highest BCUT2D eigenvalue weighted by molar-refractivity contribution is 5.21. The second kappa shape index (κ2) is 6.02. The van der Waals surface area contributed by atoms with E-state index >= 15 is 0 Å². The average Bonchev–Trinajstić information content (AvgIpc) is 2.32. The second-order valence-corrected chi connectivity index (χ2v) is 3.95. The third kappa shape index (κ3) is 2.63. The van der Waals surface area contributed by atoms with Crippen molar-refractivity contribution in [2.24, 2.45) is 0 Å². The molecule has 0 saturated carbocycles. The van der Waals surface area contributed by atoms with Crippen molar-refractivity contribution in [3.05, 3.63) is 35.9 Å². The van der Waals surface area contributed by atoms with Crippen LogP contribution < -0.4 is 0 Å². The Kier molecular flexibility index (Phi) is 4.97. The summed E-state index contributed by atoms with van der Waals surface area (Å²) < 4.78 is 5.99. The van der Waals surface area contributed by atoms with Crippen molar-refractivity contribution >= 4 is 0 Å². The zero-order valence-corrected chi connectivity index (χ0v) is 10.9. The summed E-state index contributed by atoms with van der Waals surface area (Å²) in [5, 5.41) is 0.